The van der Waals surface area contributed by atoms with Crippen LogP contribution >= 0.6 is 0 Å². The Labute approximate surface area is 111 Å². The van der Waals surface area contributed by atoms with Crippen LogP contribution in [0.25, 0.3) is 0 Å². The Balaban J connectivity index is 4.64. The summed E-state index contributed by atoms with van der Waals surface area (Å²) in [5, 5.41) is 0. The van der Waals surface area contributed by atoms with E-state index in [0.717, 1.165) is 12.8 Å². The lowest BCUT2D eigenvalue weighted by Gasteiger charge is -2.34. The minimum absolute atomic E-state index is 0.0255. The number of guanidine groups is 1. The van der Waals surface area contributed by atoms with E-state index >= 15 is 0 Å². The number of aliphatic imine (C=N–C) groups is 1. The SMILES string of the molecule is CC(C)(C)C(=O)C(CCCN=C(N)N)C(C)(C)C. The van der Waals surface area contributed by atoms with Crippen molar-refractivity contribution in [1.82, 2.24) is 0 Å². The standard InChI is InChI=1S/C14H29N3O/c1-13(2,3)10(11(18)14(4,5)6)8-7-9-17-12(15)16/h10H,7-9H2,1-6H3,(H4,15,16,17). The zero-order chi connectivity index (χ0) is 14.6. The predicted octanol–water partition coefficient (Wildman–Crippen LogP) is 2.32. The fraction of sp³-hybridized carbons (Fsp3) is 0.857. The van der Waals surface area contributed by atoms with Gasteiger partial charge in [0.1, 0.15) is 5.78 Å². The molecule has 0 aliphatic heterocycles. The van der Waals surface area contributed by atoms with E-state index in [0.29, 0.717) is 12.3 Å². The fourth-order valence-electron chi connectivity index (χ4n) is 1.98. The molecule has 0 spiro atoms. The lowest BCUT2D eigenvalue weighted by molar-refractivity contribution is -0.134. The molecule has 0 aromatic carbocycles. The van der Waals surface area contributed by atoms with Gasteiger partial charge in [-0.25, -0.2) is 0 Å². The van der Waals surface area contributed by atoms with Gasteiger partial charge in [-0.2, -0.15) is 0 Å². The number of Topliss-reactive ketones (excluding diaryl/α,β-unsaturated/α-hetero) is 1. The molecule has 1 atom stereocenters. The van der Waals surface area contributed by atoms with Crippen LogP contribution in [0.2, 0.25) is 0 Å². The lowest BCUT2D eigenvalue weighted by Crippen LogP contribution is -2.36. The number of nitrogens with two attached hydrogens (primary N) is 2. The highest BCUT2D eigenvalue weighted by molar-refractivity contribution is 5.86. The average Bonchev–Trinajstić information content (AvgIpc) is 2.12. The molecule has 0 bridgehead atoms. The van der Waals surface area contributed by atoms with Gasteiger partial charge >= 0.3 is 0 Å². The predicted molar refractivity (Wildman–Crippen MR) is 77.3 cm³/mol. The number of ketones is 1. The van der Waals surface area contributed by atoms with E-state index < -0.39 is 0 Å². The Bertz CT molecular complexity index is 304. The summed E-state index contributed by atoms with van der Waals surface area (Å²) < 4.78 is 0. The van der Waals surface area contributed by atoms with Crippen LogP contribution in [0.5, 0.6) is 0 Å². The second kappa shape index (κ2) is 6.21. The number of carbonyl (C=O) groups excluding carboxylic acids is 1. The van der Waals surface area contributed by atoms with Crippen molar-refractivity contribution in [2.24, 2.45) is 33.2 Å². The largest absolute Gasteiger partial charge is 0.370 e. The molecule has 0 heterocycles. The van der Waals surface area contributed by atoms with Crippen LogP contribution in [0.15, 0.2) is 4.99 Å². The van der Waals surface area contributed by atoms with Crippen LogP contribution in [0, 0.1) is 16.7 Å². The zero-order valence-electron chi connectivity index (χ0n) is 12.7. The summed E-state index contributed by atoms with van der Waals surface area (Å²) in [6.07, 6.45) is 1.66. The van der Waals surface area contributed by atoms with Crippen molar-refractivity contribution in [3.63, 3.8) is 0 Å². The molecule has 0 rings (SSSR count). The molecule has 0 amide bonds. The lowest BCUT2D eigenvalue weighted by atomic mass is 9.69. The van der Waals surface area contributed by atoms with E-state index in [1.54, 1.807) is 0 Å². The van der Waals surface area contributed by atoms with E-state index in [2.05, 4.69) is 25.8 Å². The van der Waals surface area contributed by atoms with E-state index in [1.165, 1.54) is 0 Å². The summed E-state index contributed by atoms with van der Waals surface area (Å²) in [7, 11) is 0. The molecule has 0 fully saturated rings. The van der Waals surface area contributed by atoms with Crippen molar-refractivity contribution in [2.75, 3.05) is 6.54 Å². The third kappa shape index (κ3) is 6.03. The molecule has 106 valence electrons. The van der Waals surface area contributed by atoms with Crippen molar-refractivity contribution >= 4 is 11.7 Å². The van der Waals surface area contributed by atoms with Gasteiger partial charge in [-0.1, -0.05) is 41.5 Å². The molecule has 0 aromatic heterocycles. The van der Waals surface area contributed by atoms with E-state index in [4.69, 9.17) is 11.5 Å². The molecular formula is C14H29N3O. The fourth-order valence-corrected chi connectivity index (χ4v) is 1.98. The smallest absolute Gasteiger partial charge is 0.185 e. The second-order valence-electron chi connectivity index (χ2n) is 6.98. The Kier molecular flexibility index (Phi) is 5.84. The molecule has 0 aliphatic carbocycles. The molecule has 4 N–H and O–H groups in total. The molecule has 4 heteroatoms. The first kappa shape index (κ1) is 16.9. The number of carbonyl (C=O) groups is 1. The number of hydrogen-bond donors (Lipinski definition) is 2. The van der Waals surface area contributed by atoms with Gasteiger partial charge in [0, 0.05) is 17.9 Å². The monoisotopic (exact) mass is 255 g/mol. The number of rotatable bonds is 5. The first-order valence-electron chi connectivity index (χ1n) is 6.56. The maximum atomic E-state index is 12.5. The van der Waals surface area contributed by atoms with Gasteiger partial charge in [0.15, 0.2) is 5.96 Å². The zero-order valence-corrected chi connectivity index (χ0v) is 12.7. The Morgan fingerprint density at radius 3 is 1.94 bits per heavy atom. The van der Waals surface area contributed by atoms with Crippen LogP contribution in [-0.4, -0.2) is 18.3 Å². The Hall–Kier alpha value is -1.06. The molecule has 0 saturated carbocycles. The van der Waals surface area contributed by atoms with Crippen LogP contribution < -0.4 is 11.5 Å². The highest BCUT2D eigenvalue weighted by Crippen LogP contribution is 2.35. The summed E-state index contributed by atoms with van der Waals surface area (Å²) in [6.45, 7) is 12.9. The van der Waals surface area contributed by atoms with Gasteiger partial charge in [0.05, 0.1) is 0 Å². The number of hydrogen-bond acceptors (Lipinski definition) is 2. The Morgan fingerprint density at radius 1 is 1.11 bits per heavy atom. The first-order chi connectivity index (χ1) is 7.96. The Morgan fingerprint density at radius 2 is 1.61 bits per heavy atom. The van der Waals surface area contributed by atoms with Crippen molar-refractivity contribution in [3.05, 3.63) is 0 Å². The van der Waals surface area contributed by atoms with Crippen molar-refractivity contribution in [1.29, 1.82) is 0 Å². The summed E-state index contributed by atoms with van der Waals surface area (Å²) in [6, 6.07) is 0. The highest BCUT2D eigenvalue weighted by Gasteiger charge is 2.36. The van der Waals surface area contributed by atoms with Gasteiger partial charge in [-0.05, 0) is 18.3 Å². The van der Waals surface area contributed by atoms with Crippen molar-refractivity contribution < 1.29 is 4.79 Å². The third-order valence-corrected chi connectivity index (χ3v) is 3.05. The third-order valence-electron chi connectivity index (χ3n) is 3.05. The minimum atomic E-state index is -0.298. The second-order valence-corrected chi connectivity index (χ2v) is 6.98. The van der Waals surface area contributed by atoms with Gasteiger partial charge in [0.2, 0.25) is 0 Å². The summed E-state index contributed by atoms with van der Waals surface area (Å²) in [5.41, 5.74) is 10.2. The van der Waals surface area contributed by atoms with Crippen LogP contribution in [0.1, 0.15) is 54.4 Å². The number of nitrogens with zero attached hydrogens (tertiary/aromatic N) is 1. The normalized spacial score (nSPS) is 14.1. The van der Waals surface area contributed by atoms with Gasteiger partial charge in [0.25, 0.3) is 0 Å². The van der Waals surface area contributed by atoms with Crippen LogP contribution in [0.3, 0.4) is 0 Å². The minimum Gasteiger partial charge on any atom is -0.370 e. The molecule has 1 unspecified atom stereocenters. The van der Waals surface area contributed by atoms with Gasteiger partial charge in [-0.3, -0.25) is 9.79 Å². The average molecular weight is 255 g/mol. The molecule has 0 aromatic rings. The topological polar surface area (TPSA) is 81.5 Å². The maximum Gasteiger partial charge on any atom is 0.185 e. The summed E-state index contributed by atoms with van der Waals surface area (Å²) >= 11 is 0. The van der Waals surface area contributed by atoms with Gasteiger partial charge in [-0.15, -0.1) is 0 Å². The molecule has 0 saturated heterocycles. The molecule has 18 heavy (non-hydrogen) atoms. The van der Waals surface area contributed by atoms with E-state index in [9.17, 15) is 4.79 Å². The maximum absolute atomic E-state index is 12.5. The van der Waals surface area contributed by atoms with Crippen molar-refractivity contribution in [3.8, 4) is 0 Å². The van der Waals surface area contributed by atoms with Gasteiger partial charge < -0.3 is 11.5 Å². The molecule has 0 aliphatic rings. The van der Waals surface area contributed by atoms with Crippen molar-refractivity contribution in [2.45, 2.75) is 54.4 Å². The van der Waals surface area contributed by atoms with Crippen LogP contribution in [-0.2, 0) is 4.79 Å². The van der Waals surface area contributed by atoms with Crippen LogP contribution in [0.4, 0.5) is 0 Å². The summed E-state index contributed by atoms with van der Waals surface area (Å²) in [4.78, 5) is 16.4. The molecule has 0 radical (unpaired) electrons. The molecule has 4 nitrogen and oxygen atoms in total. The molecular weight excluding hydrogens is 226 g/mol. The quantitative estimate of drug-likeness (QED) is 0.449. The van der Waals surface area contributed by atoms with E-state index in [-0.39, 0.29) is 22.7 Å². The van der Waals surface area contributed by atoms with E-state index in [1.807, 2.05) is 20.8 Å². The first-order valence-corrected chi connectivity index (χ1v) is 6.56. The summed E-state index contributed by atoms with van der Waals surface area (Å²) in [5.74, 6) is 0.482. The highest BCUT2D eigenvalue weighted by atomic mass is 16.1.